The van der Waals surface area contributed by atoms with E-state index in [4.69, 9.17) is 8.92 Å². The Hall–Kier alpha value is -4.87. The molecule has 11 rings (SSSR count). The van der Waals surface area contributed by atoms with Gasteiger partial charge in [-0.3, -0.25) is 23.4 Å². The van der Waals surface area contributed by atoms with E-state index in [1.807, 2.05) is 0 Å². The fourth-order valence-electron chi connectivity index (χ4n) is 17.3. The summed E-state index contributed by atoms with van der Waals surface area (Å²) in [6.45, 7) is 28.8. The molecule has 690 valence electrons. The summed E-state index contributed by atoms with van der Waals surface area (Å²) < 4.78 is 235. The van der Waals surface area contributed by atoms with Gasteiger partial charge in [-0.1, -0.05) is 174 Å². The molecule has 6 fully saturated rings. The fraction of sp³-hybridized carbons (Fsp3) is 0.618. The van der Waals surface area contributed by atoms with Gasteiger partial charge < -0.3 is 35.6 Å². The summed E-state index contributed by atoms with van der Waals surface area (Å²) in [5.41, 5.74) is -14.8. The van der Waals surface area contributed by atoms with Crippen molar-refractivity contribution < 1.29 is 164 Å². The molecule has 6 aliphatic heterocycles. The van der Waals surface area contributed by atoms with E-state index >= 15 is 26.3 Å². The molecule has 4 N–H and O–H groups in total. The van der Waals surface area contributed by atoms with E-state index in [2.05, 4.69) is 10.6 Å². The van der Waals surface area contributed by atoms with Crippen LogP contribution in [0.25, 0.3) is 0 Å². The van der Waals surface area contributed by atoms with Crippen LogP contribution < -0.4 is 67.1 Å². The average molecular weight is 1880 g/mol. The summed E-state index contributed by atoms with van der Waals surface area (Å²) in [4.78, 5) is 53.0. The number of fused-ring (bicyclic) bond motifs is 1. The van der Waals surface area contributed by atoms with Gasteiger partial charge in [-0.2, -0.15) is 8.42 Å². The minimum absolute atomic E-state index is 0. The van der Waals surface area contributed by atoms with Crippen LogP contribution in [0.5, 0.6) is 0 Å². The summed E-state index contributed by atoms with van der Waals surface area (Å²) >= 11 is 0. The topological polar surface area (TPSA) is 249 Å². The third-order valence-electron chi connectivity index (χ3n) is 24.5. The Morgan fingerprint density at radius 2 is 0.944 bits per heavy atom. The van der Waals surface area contributed by atoms with Crippen LogP contribution in [0.15, 0.2) is 126 Å². The Morgan fingerprint density at radius 3 is 1.32 bits per heavy atom. The number of alkyl halides is 8. The molecule has 6 saturated heterocycles. The number of aryl methyl sites for hydroxylation is 1. The molecule has 17 nitrogen and oxygen atoms in total. The van der Waals surface area contributed by atoms with Gasteiger partial charge in [0.2, 0.25) is 40.3 Å². The summed E-state index contributed by atoms with van der Waals surface area (Å²) in [6.07, 6.45) is 0.0645. The molecule has 35 heteroatoms. The molecule has 6 heterocycles. The number of hydrogen-bond donors (Lipinski definition) is 4. The van der Waals surface area contributed by atoms with Crippen LogP contribution >= 0.6 is 0 Å². The second kappa shape index (κ2) is 43.9. The molecule has 0 saturated carbocycles. The van der Waals surface area contributed by atoms with Crippen molar-refractivity contribution in [2.75, 3.05) is 19.5 Å². The van der Waals surface area contributed by atoms with Crippen molar-refractivity contribution >= 4 is 68.0 Å². The number of aliphatic hydroxyl groups excluding tert-OH is 2. The molecule has 5 aromatic rings. The average Bonchev–Trinajstić information content (AvgIpc) is 1.55. The van der Waals surface area contributed by atoms with Crippen LogP contribution in [-0.2, 0) is 48.2 Å². The van der Waals surface area contributed by atoms with Gasteiger partial charge in [0.1, 0.15) is 75.3 Å². The van der Waals surface area contributed by atoms with Crippen LogP contribution in [-0.4, -0.2) is 156 Å². The van der Waals surface area contributed by atoms with Crippen LogP contribution in [0.3, 0.4) is 0 Å². The van der Waals surface area contributed by atoms with Crippen molar-refractivity contribution in [3.05, 3.63) is 172 Å². The molecule has 0 spiro atoms. The van der Waals surface area contributed by atoms with Gasteiger partial charge in [0.05, 0.1) is 29.4 Å². The molecule has 4 amide bonds. The molecule has 12 atom stereocenters. The Bertz CT molecular complexity index is 4610. The molecule has 8 unspecified atom stereocenters. The van der Waals surface area contributed by atoms with Crippen molar-refractivity contribution in [3.63, 3.8) is 0 Å². The van der Waals surface area contributed by atoms with E-state index in [9.17, 15) is 77.7 Å². The van der Waals surface area contributed by atoms with Crippen molar-refractivity contribution in [2.45, 2.75) is 312 Å². The number of aliphatic hydroxyl groups is 2. The zero-order chi connectivity index (χ0) is 93.0. The molecular formula is C89H127F12KN4O13S2Si3. The van der Waals surface area contributed by atoms with Crippen LogP contribution in [0.2, 0.25) is 58.9 Å². The maximum Gasteiger partial charge on any atom is 1.00 e. The molecule has 0 bridgehead atoms. The van der Waals surface area contributed by atoms with E-state index in [1.165, 1.54) is 124 Å². The number of carbonyl (C=O) groups is 4. The standard InChI is InChI=1S/C26H34F3NO4SSi.C20H30F3NO4SSi.C19H28F3NO2Si.C16H18F3NO.C4H8O.C4H9O.K/c1-6-25(26(28,29)36(3,4)5)17-21(12-15-23(31)19-8-7-9-20(27)16-19)30(24(25)32)35(33,34)22-13-10-18(2)11-14-22;1-6-19(20(22,23)30(3,4)5)13-16(24-18(19)25)10-11-17(28-29(2,26)27)14-8-7-9-15(21)12-14;1-5-18(19(21,22)26(2,3)4)12-15(23-17(18)25)9-10-16(24)13-7-6-8-14(20)11-13;1-2-16(14(18)19)9-12-6-7-13(20(12)15(16)21)10-4-3-5-11(17)8-10;1-2-4-5-3-1;1-4(2,3)5;/h7-11,13-14,16,21,23,31H,6,12,15,17H2,1-5H3;7-9,12,16-17H,6,10-11,13H2,1-5H3,(H,24,25);6-8,11,15-16,24H,5,9-10,12H2,1-4H3,(H,23,25);3-5,8,12-14H,2,6-7,9H2,1H3;1-4H2;1-3H3;/q;;;;;-1;+1/t21-,23?,25?;16-,17?,19?;15-,16?,18?;12-,13?,16?;;;/m1111.../s1. The van der Waals surface area contributed by atoms with Crippen LogP contribution in [0, 0.1) is 51.9 Å². The molecule has 0 radical (unpaired) electrons. The van der Waals surface area contributed by atoms with Gasteiger partial charge >= 0.3 is 51.4 Å². The fourth-order valence-corrected chi connectivity index (χ4v) is 25.1. The van der Waals surface area contributed by atoms with Crippen LogP contribution in [0.1, 0.15) is 216 Å². The Morgan fingerprint density at radius 1 is 0.548 bits per heavy atom. The zero-order valence-corrected chi connectivity index (χ0v) is 82.8. The second-order valence-electron chi connectivity index (χ2n) is 37.5. The summed E-state index contributed by atoms with van der Waals surface area (Å²) in [5, 5.41) is 36.3. The van der Waals surface area contributed by atoms with Crippen molar-refractivity contribution in [1.82, 2.24) is 19.8 Å². The number of ether oxygens (including phenoxy) is 1. The Labute approximate surface area is 771 Å². The summed E-state index contributed by atoms with van der Waals surface area (Å²) in [6, 6.07) is 26.0. The van der Waals surface area contributed by atoms with Gasteiger partial charge in [0, 0.05) is 37.4 Å². The predicted molar refractivity (Wildman–Crippen MR) is 457 cm³/mol. The Kier molecular flexibility index (Phi) is 38.8. The van der Waals surface area contributed by atoms with Crippen LogP contribution in [0.4, 0.5) is 52.7 Å². The number of halogens is 12. The maximum atomic E-state index is 16.0. The van der Waals surface area contributed by atoms with E-state index < -0.39 is 172 Å². The first kappa shape index (κ1) is 110. The molecule has 5 aromatic carbocycles. The second-order valence-corrected chi connectivity index (χ2v) is 56.3. The number of nitrogens with one attached hydrogen (secondary N) is 2. The minimum Gasteiger partial charge on any atom is -0.850 e. The normalized spacial score (nSPS) is 24.4. The molecule has 0 aromatic heterocycles. The van der Waals surface area contributed by atoms with Crippen molar-refractivity contribution in [3.8, 4) is 0 Å². The van der Waals surface area contributed by atoms with Crippen molar-refractivity contribution in [1.29, 1.82) is 0 Å². The summed E-state index contributed by atoms with van der Waals surface area (Å²) in [7, 11) is -17.4. The first-order chi connectivity index (χ1) is 56.6. The Balaban J connectivity index is 0.000000285. The minimum atomic E-state index is -4.44. The summed E-state index contributed by atoms with van der Waals surface area (Å²) in [5.74, 6) is -4.67. The van der Waals surface area contributed by atoms with Crippen molar-refractivity contribution in [2.24, 2.45) is 21.7 Å². The number of sulfonamides is 1. The maximum absolute atomic E-state index is 16.0. The van der Waals surface area contributed by atoms with Gasteiger partial charge in [-0.05, 0) is 205 Å². The molecule has 0 aliphatic carbocycles. The number of hydrogen-bond acceptors (Lipinski definition) is 13. The smallest absolute Gasteiger partial charge is 0.850 e. The number of amides is 4. The number of carbonyl (C=O) groups excluding carboxylic acids is 4. The quantitative estimate of drug-likeness (QED) is 0.0207. The van der Waals surface area contributed by atoms with Gasteiger partial charge in [-0.15, -0.1) is 5.60 Å². The van der Waals surface area contributed by atoms with E-state index in [1.54, 1.807) is 129 Å². The predicted octanol–water partition coefficient (Wildman–Crippen LogP) is 16.6. The van der Waals surface area contributed by atoms with Gasteiger partial charge in [0.15, 0.2) is 0 Å². The third kappa shape index (κ3) is 25.9. The third-order valence-corrected chi connectivity index (χ3v) is 34.0. The van der Waals surface area contributed by atoms with E-state index in [-0.39, 0.29) is 158 Å². The SMILES string of the molecule is C1CCOC1.CC(C)(C)[O-].CCC1(C(F)(F)[Si](C)(C)C)C[C@@H](CCC(O)c2cccc(F)c2)N(S(=O)(=O)c2ccc(C)cc2)C1=O.CCC1(C(F)(F)[Si](C)(C)C)C[C@@H](CCC(O)c2cccc(F)c2)NC1=O.CCC1(C(F)(F)[Si](C)(C)C)C[C@@H](CCC(OS(C)(=O)=O)c2cccc(F)c2)NC1=O.CCC1(C(F)F)C[C@H]2CCC(c3cccc(F)c3)N2C1=O.[K+]. The van der Waals surface area contributed by atoms with E-state index in [0.717, 1.165) is 25.0 Å². The zero-order valence-electron chi connectivity index (χ0n) is 75.0. The van der Waals surface area contributed by atoms with E-state index in [0.29, 0.717) is 45.8 Å². The van der Waals surface area contributed by atoms with Gasteiger partial charge in [0.25, 0.3) is 26.6 Å². The molecular weight excluding hydrogens is 1750 g/mol. The first-order valence-corrected chi connectivity index (χ1v) is 56.0. The van der Waals surface area contributed by atoms with Gasteiger partial charge in [-0.25, -0.2) is 65.4 Å². The first-order valence-electron chi connectivity index (χ1n) is 42.2. The monoisotopic (exact) mass is 1870 g/mol. The molecule has 124 heavy (non-hydrogen) atoms. The largest absolute Gasteiger partial charge is 1.00 e. The number of benzene rings is 5. The number of rotatable bonds is 28. The number of nitrogens with zero attached hydrogens (tertiary/aromatic N) is 2. The molecule has 6 aliphatic rings.